The van der Waals surface area contributed by atoms with Crippen molar-refractivity contribution in [3.8, 4) is 0 Å². The highest BCUT2D eigenvalue weighted by Gasteiger charge is 2.25. The van der Waals surface area contributed by atoms with Crippen molar-refractivity contribution in [3.05, 3.63) is 57.8 Å². The van der Waals surface area contributed by atoms with Crippen molar-refractivity contribution in [2.24, 2.45) is 0 Å². The van der Waals surface area contributed by atoms with Crippen molar-refractivity contribution in [1.82, 2.24) is 4.90 Å². The molecule has 120 valence electrons. The summed E-state index contributed by atoms with van der Waals surface area (Å²) >= 11 is 1.52. The van der Waals surface area contributed by atoms with Crippen LogP contribution in [0, 0.1) is 0 Å². The van der Waals surface area contributed by atoms with Gasteiger partial charge in [-0.1, -0.05) is 30.3 Å². The maximum absolute atomic E-state index is 12.6. The smallest absolute Gasteiger partial charge is 0.304 e. The van der Waals surface area contributed by atoms with E-state index in [9.17, 15) is 9.59 Å². The average molecular weight is 329 g/mol. The number of carbonyl (C=O) groups is 2. The number of carboxylic acid groups (broad SMARTS) is 1. The van der Waals surface area contributed by atoms with E-state index in [1.54, 1.807) is 0 Å². The lowest BCUT2D eigenvalue weighted by Gasteiger charge is -2.30. The zero-order valence-corrected chi connectivity index (χ0v) is 13.6. The molecule has 1 N–H and O–H groups in total. The minimum atomic E-state index is -0.861. The number of fused-ring (bicyclic) bond motifs is 1. The molecule has 1 atom stereocenters. The van der Waals surface area contributed by atoms with E-state index >= 15 is 0 Å². The molecule has 4 nitrogen and oxygen atoms in total. The van der Waals surface area contributed by atoms with Gasteiger partial charge in [0, 0.05) is 30.3 Å². The molecule has 1 aliphatic heterocycles. The molecule has 5 heteroatoms. The number of rotatable bonds is 5. The molecule has 2 aromatic rings. The van der Waals surface area contributed by atoms with Crippen molar-refractivity contribution in [2.45, 2.75) is 31.7 Å². The van der Waals surface area contributed by atoms with Crippen molar-refractivity contribution in [2.75, 3.05) is 6.54 Å². The molecule has 0 saturated carbocycles. The molecule has 1 aliphatic rings. The van der Waals surface area contributed by atoms with E-state index in [2.05, 4.69) is 12.1 Å². The summed E-state index contributed by atoms with van der Waals surface area (Å²) in [6.45, 7) is 1.33. The molecular formula is C18H19NO3S. The molecule has 0 aliphatic carbocycles. The third-order valence-corrected chi connectivity index (χ3v) is 5.31. The zero-order valence-electron chi connectivity index (χ0n) is 12.8. The summed E-state index contributed by atoms with van der Waals surface area (Å²) < 4.78 is 0. The molecule has 2 heterocycles. The second kappa shape index (κ2) is 6.96. The standard InChI is InChI=1S/C18H19NO3S/c20-17(10-15(11-18(21)22)16-6-3-9-23-16)19-8-7-13-4-1-2-5-14(13)12-19/h1-6,9,15H,7-8,10-12H2,(H,21,22). The predicted molar refractivity (Wildman–Crippen MR) is 89.5 cm³/mol. The first-order valence-electron chi connectivity index (χ1n) is 7.73. The first kappa shape index (κ1) is 15.7. The second-order valence-corrected chi connectivity index (χ2v) is 6.83. The fourth-order valence-corrected chi connectivity index (χ4v) is 3.89. The van der Waals surface area contributed by atoms with Gasteiger partial charge in [-0.15, -0.1) is 11.3 Å². The van der Waals surface area contributed by atoms with Crippen LogP contribution in [0.2, 0.25) is 0 Å². The van der Waals surface area contributed by atoms with Crippen LogP contribution in [0.25, 0.3) is 0 Å². The minimum Gasteiger partial charge on any atom is -0.481 e. The number of amides is 1. The van der Waals surface area contributed by atoms with Crippen LogP contribution < -0.4 is 0 Å². The van der Waals surface area contributed by atoms with Crippen molar-refractivity contribution in [3.63, 3.8) is 0 Å². The van der Waals surface area contributed by atoms with Crippen LogP contribution in [0.5, 0.6) is 0 Å². The summed E-state index contributed by atoms with van der Waals surface area (Å²) in [5.41, 5.74) is 2.50. The summed E-state index contributed by atoms with van der Waals surface area (Å²) in [6, 6.07) is 12.0. The van der Waals surface area contributed by atoms with Crippen LogP contribution in [0.3, 0.4) is 0 Å². The molecule has 0 saturated heterocycles. The Morgan fingerprint density at radius 2 is 1.91 bits per heavy atom. The average Bonchev–Trinajstić information content (AvgIpc) is 3.07. The fourth-order valence-electron chi connectivity index (χ4n) is 3.06. The molecular weight excluding hydrogens is 310 g/mol. The maximum atomic E-state index is 12.6. The van der Waals surface area contributed by atoms with E-state index in [-0.39, 0.29) is 24.7 Å². The SMILES string of the molecule is O=C(O)CC(CC(=O)N1CCc2ccccc2C1)c1cccs1. The summed E-state index contributed by atoms with van der Waals surface area (Å²) in [6.07, 6.45) is 1.12. The lowest BCUT2D eigenvalue weighted by molar-refractivity contribution is -0.138. The Kier molecular flexibility index (Phi) is 4.76. The van der Waals surface area contributed by atoms with Gasteiger partial charge in [0.2, 0.25) is 5.91 Å². The number of hydrogen-bond acceptors (Lipinski definition) is 3. The van der Waals surface area contributed by atoms with E-state index in [1.807, 2.05) is 34.5 Å². The van der Waals surface area contributed by atoms with Gasteiger partial charge in [-0.2, -0.15) is 0 Å². The second-order valence-electron chi connectivity index (χ2n) is 5.85. The Morgan fingerprint density at radius 1 is 1.13 bits per heavy atom. The van der Waals surface area contributed by atoms with E-state index in [1.165, 1.54) is 22.5 Å². The van der Waals surface area contributed by atoms with Crippen LogP contribution in [-0.4, -0.2) is 28.4 Å². The molecule has 0 radical (unpaired) electrons. The number of benzene rings is 1. The van der Waals surface area contributed by atoms with Gasteiger partial charge >= 0.3 is 5.97 Å². The van der Waals surface area contributed by atoms with Crippen molar-refractivity contribution < 1.29 is 14.7 Å². The van der Waals surface area contributed by atoms with Crippen LogP contribution in [0.15, 0.2) is 41.8 Å². The maximum Gasteiger partial charge on any atom is 0.304 e. The number of carbonyl (C=O) groups excluding carboxylic acids is 1. The first-order chi connectivity index (χ1) is 11.1. The van der Waals surface area contributed by atoms with Gasteiger partial charge < -0.3 is 10.0 Å². The Labute approximate surface area is 139 Å². The van der Waals surface area contributed by atoms with Crippen LogP contribution in [0.4, 0.5) is 0 Å². The predicted octanol–water partition coefficient (Wildman–Crippen LogP) is 3.28. The molecule has 0 bridgehead atoms. The number of thiophene rings is 1. The van der Waals surface area contributed by atoms with E-state index in [4.69, 9.17) is 5.11 Å². The Balaban J connectivity index is 1.69. The van der Waals surface area contributed by atoms with Crippen LogP contribution in [0.1, 0.15) is 34.8 Å². The Bertz CT molecular complexity index is 696. The topological polar surface area (TPSA) is 57.6 Å². The number of nitrogens with zero attached hydrogens (tertiary/aromatic N) is 1. The highest BCUT2D eigenvalue weighted by atomic mass is 32.1. The number of hydrogen-bond donors (Lipinski definition) is 1. The summed E-state index contributed by atoms with van der Waals surface area (Å²) in [5.74, 6) is -1.06. The first-order valence-corrected chi connectivity index (χ1v) is 8.61. The molecule has 1 aromatic carbocycles. The quantitative estimate of drug-likeness (QED) is 0.916. The molecule has 3 rings (SSSR count). The van der Waals surface area contributed by atoms with Gasteiger partial charge in [-0.25, -0.2) is 0 Å². The van der Waals surface area contributed by atoms with Gasteiger partial charge in [-0.3, -0.25) is 9.59 Å². The monoisotopic (exact) mass is 329 g/mol. The van der Waals surface area contributed by atoms with Gasteiger partial charge in [0.05, 0.1) is 6.42 Å². The van der Waals surface area contributed by atoms with Crippen molar-refractivity contribution in [1.29, 1.82) is 0 Å². The summed E-state index contributed by atoms with van der Waals surface area (Å²) in [7, 11) is 0. The highest BCUT2D eigenvalue weighted by molar-refractivity contribution is 7.10. The van der Waals surface area contributed by atoms with Gasteiger partial charge in [0.15, 0.2) is 0 Å². The van der Waals surface area contributed by atoms with Crippen LogP contribution in [-0.2, 0) is 22.6 Å². The van der Waals surface area contributed by atoms with Gasteiger partial charge in [-0.05, 0) is 29.0 Å². The number of carboxylic acids is 1. The fraction of sp³-hybridized carbons (Fsp3) is 0.333. The lowest BCUT2D eigenvalue weighted by Crippen LogP contribution is -2.36. The van der Waals surface area contributed by atoms with E-state index in [0.29, 0.717) is 13.1 Å². The van der Waals surface area contributed by atoms with Gasteiger partial charge in [0.25, 0.3) is 0 Å². The molecule has 0 fully saturated rings. The minimum absolute atomic E-state index is 0.00329. The molecule has 1 aromatic heterocycles. The Hall–Kier alpha value is -2.14. The molecule has 1 amide bonds. The third-order valence-electron chi connectivity index (χ3n) is 4.27. The van der Waals surface area contributed by atoms with Gasteiger partial charge in [0.1, 0.15) is 0 Å². The highest BCUT2D eigenvalue weighted by Crippen LogP contribution is 2.29. The van der Waals surface area contributed by atoms with E-state index in [0.717, 1.165) is 11.3 Å². The third kappa shape index (κ3) is 3.79. The summed E-state index contributed by atoms with van der Waals surface area (Å²) in [5, 5.41) is 11.0. The summed E-state index contributed by atoms with van der Waals surface area (Å²) in [4.78, 5) is 26.6. The van der Waals surface area contributed by atoms with E-state index < -0.39 is 5.97 Å². The van der Waals surface area contributed by atoms with Crippen molar-refractivity contribution >= 4 is 23.2 Å². The molecule has 23 heavy (non-hydrogen) atoms. The van der Waals surface area contributed by atoms with Crippen LogP contribution >= 0.6 is 11.3 Å². The largest absolute Gasteiger partial charge is 0.481 e. The Morgan fingerprint density at radius 3 is 2.61 bits per heavy atom. The molecule has 0 spiro atoms. The number of aliphatic carboxylic acids is 1. The normalized spacial score (nSPS) is 15.0. The molecule has 1 unspecified atom stereocenters. The lowest BCUT2D eigenvalue weighted by atomic mass is 9.96. The zero-order chi connectivity index (χ0) is 16.2.